The number of likely N-dealkylation sites (N-methyl/N-ethyl adjacent to an activating group) is 1. The summed E-state index contributed by atoms with van der Waals surface area (Å²) in [4.78, 5) is 14.1. The molecule has 0 spiro atoms. The van der Waals surface area contributed by atoms with Crippen LogP contribution in [0.15, 0.2) is 6.07 Å². The molecule has 5 nitrogen and oxygen atoms in total. The van der Waals surface area contributed by atoms with Crippen molar-refractivity contribution in [2.24, 2.45) is 0 Å². The molecule has 0 fully saturated rings. The average molecular weight is 242 g/mol. The molecule has 1 aromatic rings. The van der Waals surface area contributed by atoms with Crippen LogP contribution in [-0.4, -0.2) is 45.0 Å². The monoisotopic (exact) mass is 242 g/mol. The second-order valence-corrected chi connectivity index (χ2v) is 4.76. The fourth-order valence-corrected chi connectivity index (χ4v) is 2.14. The van der Waals surface area contributed by atoms with Gasteiger partial charge in [0.25, 0.3) is 5.91 Å². The fourth-order valence-electron chi connectivity index (χ4n) is 1.19. The Bertz CT molecular complexity index is 362. The molecule has 0 atom stereocenters. The Morgan fingerprint density at radius 2 is 2.25 bits per heavy atom. The van der Waals surface area contributed by atoms with Gasteiger partial charge in [-0.2, -0.15) is 0 Å². The fraction of sp³-hybridized carbons (Fsp3) is 0.500. The molecule has 0 aromatic carbocycles. The summed E-state index contributed by atoms with van der Waals surface area (Å²) >= 11 is 1.38. The van der Waals surface area contributed by atoms with Gasteiger partial charge in [0.2, 0.25) is 0 Å². The highest BCUT2D eigenvalue weighted by molar-refractivity contribution is 7.18. The topological polar surface area (TPSA) is 70.4 Å². The van der Waals surface area contributed by atoms with Crippen molar-refractivity contribution in [3.05, 3.63) is 10.9 Å². The van der Waals surface area contributed by atoms with Gasteiger partial charge in [-0.3, -0.25) is 4.79 Å². The van der Waals surface area contributed by atoms with Crippen LogP contribution in [0.1, 0.15) is 9.67 Å². The second kappa shape index (κ2) is 5.72. The van der Waals surface area contributed by atoms with Crippen LogP contribution < -0.4 is 16.4 Å². The Morgan fingerprint density at radius 1 is 1.56 bits per heavy atom. The minimum atomic E-state index is -0.136. The number of nitrogens with two attached hydrogens (primary N) is 1. The van der Waals surface area contributed by atoms with Crippen LogP contribution in [0.25, 0.3) is 0 Å². The van der Waals surface area contributed by atoms with E-state index in [0.717, 1.165) is 18.1 Å². The Labute approximate surface area is 99.6 Å². The van der Waals surface area contributed by atoms with Crippen molar-refractivity contribution in [3.63, 3.8) is 0 Å². The lowest BCUT2D eigenvalue weighted by Gasteiger charge is -2.09. The minimum absolute atomic E-state index is 0.136. The first-order valence-electron chi connectivity index (χ1n) is 5.04. The summed E-state index contributed by atoms with van der Waals surface area (Å²) in [5, 5.41) is 6.73. The highest BCUT2D eigenvalue weighted by Crippen LogP contribution is 2.28. The smallest absolute Gasteiger partial charge is 0.263 e. The zero-order valence-electron chi connectivity index (χ0n) is 9.83. The first-order chi connectivity index (χ1) is 7.54. The van der Waals surface area contributed by atoms with Gasteiger partial charge in [0.05, 0.1) is 10.7 Å². The van der Waals surface area contributed by atoms with Crippen LogP contribution in [-0.2, 0) is 0 Å². The molecule has 0 aliphatic heterocycles. The standard InChI is InChI=1S/C10H18N4OS/c1-12-10(15)9-7(11)6-8(16-9)13-4-5-14(2)3/h6,13H,4-5,11H2,1-3H3,(H,12,15). The van der Waals surface area contributed by atoms with E-state index in [0.29, 0.717) is 10.6 Å². The quantitative estimate of drug-likeness (QED) is 0.709. The minimum Gasteiger partial charge on any atom is -0.397 e. The molecular weight excluding hydrogens is 224 g/mol. The van der Waals surface area contributed by atoms with E-state index in [4.69, 9.17) is 5.73 Å². The molecular formula is C10H18N4OS. The Morgan fingerprint density at radius 3 is 2.81 bits per heavy atom. The SMILES string of the molecule is CNC(=O)c1sc(NCCN(C)C)cc1N. The number of hydrogen-bond acceptors (Lipinski definition) is 5. The van der Waals surface area contributed by atoms with E-state index in [1.165, 1.54) is 11.3 Å². The second-order valence-electron chi connectivity index (χ2n) is 3.70. The lowest BCUT2D eigenvalue weighted by Crippen LogP contribution is -2.20. The maximum atomic E-state index is 11.4. The largest absolute Gasteiger partial charge is 0.397 e. The summed E-state index contributed by atoms with van der Waals surface area (Å²) in [5.74, 6) is -0.136. The van der Waals surface area contributed by atoms with Crippen molar-refractivity contribution >= 4 is 27.9 Å². The van der Waals surface area contributed by atoms with Crippen LogP contribution >= 0.6 is 11.3 Å². The van der Waals surface area contributed by atoms with Gasteiger partial charge in [0.15, 0.2) is 0 Å². The molecule has 0 aliphatic carbocycles. The summed E-state index contributed by atoms with van der Waals surface area (Å²) in [5.41, 5.74) is 6.27. The Kier molecular flexibility index (Phi) is 4.57. The zero-order chi connectivity index (χ0) is 12.1. The molecule has 0 unspecified atom stereocenters. The van der Waals surface area contributed by atoms with Crippen LogP contribution in [0.3, 0.4) is 0 Å². The molecule has 1 heterocycles. The number of carbonyl (C=O) groups excluding carboxylic acids is 1. The molecule has 1 amide bonds. The van der Waals surface area contributed by atoms with E-state index in [1.54, 1.807) is 13.1 Å². The van der Waals surface area contributed by atoms with Crippen molar-refractivity contribution in [1.29, 1.82) is 0 Å². The molecule has 1 rings (SSSR count). The van der Waals surface area contributed by atoms with Gasteiger partial charge in [0, 0.05) is 20.1 Å². The normalized spacial score (nSPS) is 10.5. The summed E-state index contributed by atoms with van der Waals surface area (Å²) < 4.78 is 0. The maximum absolute atomic E-state index is 11.4. The van der Waals surface area contributed by atoms with Crippen molar-refractivity contribution in [2.75, 3.05) is 45.3 Å². The van der Waals surface area contributed by atoms with Gasteiger partial charge in [0.1, 0.15) is 4.88 Å². The number of carbonyl (C=O) groups is 1. The molecule has 0 aliphatic rings. The summed E-state index contributed by atoms with van der Waals surface area (Å²) in [6.07, 6.45) is 0. The number of nitrogens with one attached hydrogen (secondary N) is 2. The van der Waals surface area contributed by atoms with Gasteiger partial charge in [-0.05, 0) is 20.2 Å². The van der Waals surface area contributed by atoms with Gasteiger partial charge in [-0.25, -0.2) is 0 Å². The lowest BCUT2D eigenvalue weighted by molar-refractivity contribution is 0.0968. The Hall–Kier alpha value is -1.27. The van der Waals surface area contributed by atoms with E-state index in [1.807, 2.05) is 14.1 Å². The van der Waals surface area contributed by atoms with Crippen molar-refractivity contribution in [2.45, 2.75) is 0 Å². The third-order valence-corrected chi connectivity index (χ3v) is 3.16. The third kappa shape index (κ3) is 3.39. The summed E-state index contributed by atoms with van der Waals surface area (Å²) in [7, 11) is 5.63. The van der Waals surface area contributed by atoms with Crippen molar-refractivity contribution in [1.82, 2.24) is 10.2 Å². The molecule has 0 radical (unpaired) electrons. The van der Waals surface area contributed by atoms with E-state index in [2.05, 4.69) is 15.5 Å². The van der Waals surface area contributed by atoms with E-state index in [9.17, 15) is 4.79 Å². The van der Waals surface area contributed by atoms with Crippen LogP contribution in [0, 0.1) is 0 Å². The van der Waals surface area contributed by atoms with Crippen LogP contribution in [0.5, 0.6) is 0 Å². The molecule has 4 N–H and O–H groups in total. The lowest BCUT2D eigenvalue weighted by atomic mass is 10.4. The van der Waals surface area contributed by atoms with Gasteiger partial charge >= 0.3 is 0 Å². The maximum Gasteiger partial charge on any atom is 0.263 e. The van der Waals surface area contributed by atoms with E-state index >= 15 is 0 Å². The first-order valence-corrected chi connectivity index (χ1v) is 5.86. The zero-order valence-corrected chi connectivity index (χ0v) is 10.6. The Balaban J connectivity index is 2.59. The number of nitrogen functional groups attached to an aromatic ring is 1. The molecule has 0 bridgehead atoms. The number of rotatable bonds is 5. The first kappa shape index (κ1) is 12.8. The number of hydrogen-bond donors (Lipinski definition) is 3. The van der Waals surface area contributed by atoms with E-state index < -0.39 is 0 Å². The predicted octanol–water partition coefficient (Wildman–Crippen LogP) is 0.663. The van der Waals surface area contributed by atoms with Gasteiger partial charge in [-0.15, -0.1) is 11.3 Å². The molecule has 0 saturated carbocycles. The highest BCUT2D eigenvalue weighted by atomic mass is 32.1. The van der Waals surface area contributed by atoms with Crippen LogP contribution in [0.4, 0.5) is 10.7 Å². The van der Waals surface area contributed by atoms with E-state index in [-0.39, 0.29) is 5.91 Å². The van der Waals surface area contributed by atoms with Crippen molar-refractivity contribution in [3.8, 4) is 0 Å². The predicted molar refractivity (Wildman–Crippen MR) is 69.2 cm³/mol. The van der Waals surface area contributed by atoms with Gasteiger partial charge < -0.3 is 21.3 Å². The molecule has 6 heteroatoms. The molecule has 90 valence electrons. The third-order valence-electron chi connectivity index (χ3n) is 2.05. The van der Waals surface area contributed by atoms with Crippen molar-refractivity contribution < 1.29 is 4.79 Å². The van der Waals surface area contributed by atoms with Gasteiger partial charge in [-0.1, -0.05) is 0 Å². The summed E-state index contributed by atoms with van der Waals surface area (Å²) in [6.45, 7) is 1.77. The number of nitrogens with zero attached hydrogens (tertiary/aromatic N) is 1. The number of thiophene rings is 1. The average Bonchev–Trinajstić information content (AvgIpc) is 2.58. The number of anilines is 2. The summed E-state index contributed by atoms with van der Waals surface area (Å²) in [6, 6.07) is 1.80. The van der Waals surface area contributed by atoms with Crippen LogP contribution in [0.2, 0.25) is 0 Å². The molecule has 0 saturated heterocycles. The molecule has 16 heavy (non-hydrogen) atoms. The highest BCUT2D eigenvalue weighted by Gasteiger charge is 2.12. The molecule has 1 aromatic heterocycles. The number of amides is 1.